The Labute approximate surface area is 185 Å². The molecule has 3 aromatic rings. The first-order chi connectivity index (χ1) is 15.2. The molecule has 0 spiro atoms. The number of aromatic amines is 1. The van der Waals surface area contributed by atoms with Crippen molar-refractivity contribution < 1.29 is 9.53 Å². The van der Waals surface area contributed by atoms with Gasteiger partial charge in [0.25, 0.3) is 0 Å². The normalized spacial score (nSPS) is 16.8. The first-order valence-corrected chi connectivity index (χ1v) is 11.5. The molecule has 0 saturated carbocycles. The highest BCUT2D eigenvalue weighted by atomic mass is 32.2. The van der Waals surface area contributed by atoms with Crippen LogP contribution in [0.4, 0.5) is 0 Å². The van der Waals surface area contributed by atoms with E-state index in [2.05, 4.69) is 27.6 Å². The predicted molar refractivity (Wildman–Crippen MR) is 120 cm³/mol. The maximum absolute atomic E-state index is 12.8. The Bertz CT molecular complexity index is 1030. The fourth-order valence-electron chi connectivity index (χ4n) is 3.72. The van der Waals surface area contributed by atoms with Gasteiger partial charge >= 0.3 is 5.69 Å². The number of rotatable bonds is 9. The summed E-state index contributed by atoms with van der Waals surface area (Å²) in [5.41, 5.74) is 1.94. The van der Waals surface area contributed by atoms with Crippen LogP contribution in [0.1, 0.15) is 30.0 Å². The minimum Gasteiger partial charge on any atom is -0.376 e. The lowest BCUT2D eigenvalue weighted by Crippen LogP contribution is -2.31. The Kier molecular flexibility index (Phi) is 7.22. The highest BCUT2D eigenvalue weighted by Gasteiger charge is 2.21. The molecule has 1 aliphatic heterocycles. The van der Waals surface area contributed by atoms with Crippen molar-refractivity contribution in [1.82, 2.24) is 20.1 Å². The Morgan fingerprint density at radius 1 is 1.19 bits per heavy atom. The summed E-state index contributed by atoms with van der Waals surface area (Å²) >= 11 is 1.26. The molecule has 2 heterocycles. The summed E-state index contributed by atoms with van der Waals surface area (Å²) in [6, 6.07) is 19.9. The van der Waals surface area contributed by atoms with Crippen LogP contribution in [0.25, 0.3) is 0 Å². The van der Waals surface area contributed by atoms with Crippen LogP contribution < -0.4 is 11.0 Å². The molecular formula is C23H26N4O3S. The van der Waals surface area contributed by atoms with Crippen LogP contribution in [0, 0.1) is 0 Å². The number of benzene rings is 2. The monoisotopic (exact) mass is 438 g/mol. The van der Waals surface area contributed by atoms with Gasteiger partial charge in [-0.3, -0.25) is 9.36 Å². The van der Waals surface area contributed by atoms with Crippen LogP contribution in [0.15, 0.2) is 70.6 Å². The molecule has 1 fully saturated rings. The third-order valence-corrected chi connectivity index (χ3v) is 6.26. The van der Waals surface area contributed by atoms with Crippen LogP contribution in [0.2, 0.25) is 0 Å². The summed E-state index contributed by atoms with van der Waals surface area (Å²) in [6.07, 6.45) is 2.66. The summed E-state index contributed by atoms with van der Waals surface area (Å²) < 4.78 is 7.19. The Morgan fingerprint density at radius 3 is 2.65 bits per heavy atom. The third kappa shape index (κ3) is 5.86. The number of carbonyl (C=O) groups excluding carboxylic acids is 1. The molecule has 2 atom stereocenters. The fourth-order valence-corrected chi connectivity index (χ4v) is 4.49. The molecule has 0 unspecified atom stereocenters. The van der Waals surface area contributed by atoms with Crippen molar-refractivity contribution >= 4 is 17.7 Å². The summed E-state index contributed by atoms with van der Waals surface area (Å²) in [6.45, 7) is 1.18. The van der Waals surface area contributed by atoms with Crippen molar-refractivity contribution in [3.05, 3.63) is 82.3 Å². The zero-order chi connectivity index (χ0) is 21.5. The molecule has 1 aliphatic rings. The number of nitrogens with one attached hydrogen (secondary N) is 2. The van der Waals surface area contributed by atoms with Gasteiger partial charge in [0.1, 0.15) is 0 Å². The first kappa shape index (κ1) is 21.4. The number of hydrogen-bond acceptors (Lipinski definition) is 5. The van der Waals surface area contributed by atoms with Crippen LogP contribution in [0.5, 0.6) is 0 Å². The summed E-state index contributed by atoms with van der Waals surface area (Å²) in [4.78, 5) is 24.9. The van der Waals surface area contributed by atoms with Crippen molar-refractivity contribution in [1.29, 1.82) is 0 Å². The number of nitrogens with zero attached hydrogens (tertiary/aromatic N) is 2. The molecule has 1 amide bonds. The van der Waals surface area contributed by atoms with Crippen molar-refractivity contribution in [2.45, 2.75) is 43.1 Å². The molecule has 1 aromatic heterocycles. The molecule has 4 rings (SSSR count). The Hall–Kier alpha value is -2.84. The maximum atomic E-state index is 12.8. The molecule has 0 aliphatic carbocycles. The van der Waals surface area contributed by atoms with Crippen molar-refractivity contribution in [3.63, 3.8) is 0 Å². The molecule has 7 nitrogen and oxygen atoms in total. The standard InChI is InChI=1S/C23H26N4O3S/c28-21(16-31-23-26-25-22(29)27(23)15-19-12-7-13-30-19)24-20(18-10-5-2-6-11-18)14-17-8-3-1-4-9-17/h1-6,8-11,19-20H,7,12-16H2,(H,24,28)(H,25,29)/t19-,20+/m0/s1. The van der Waals surface area contributed by atoms with E-state index in [1.54, 1.807) is 4.57 Å². The van der Waals surface area contributed by atoms with Gasteiger partial charge in [-0.2, -0.15) is 0 Å². The van der Waals surface area contributed by atoms with Crippen molar-refractivity contribution in [2.75, 3.05) is 12.4 Å². The van der Waals surface area contributed by atoms with Gasteiger partial charge in [-0.25, -0.2) is 9.89 Å². The molecular weight excluding hydrogens is 412 g/mol. The molecule has 0 radical (unpaired) electrons. The van der Waals surface area contributed by atoms with Gasteiger partial charge in [0, 0.05) is 6.61 Å². The smallest absolute Gasteiger partial charge is 0.344 e. The van der Waals surface area contributed by atoms with Gasteiger partial charge < -0.3 is 10.1 Å². The van der Waals surface area contributed by atoms with E-state index in [1.807, 2.05) is 48.5 Å². The minimum absolute atomic E-state index is 0.0248. The van der Waals surface area contributed by atoms with Crippen LogP contribution in [-0.4, -0.2) is 39.1 Å². The van der Waals surface area contributed by atoms with E-state index < -0.39 is 0 Å². The number of aromatic nitrogens is 3. The van der Waals surface area contributed by atoms with Crippen molar-refractivity contribution in [3.8, 4) is 0 Å². The van der Waals surface area contributed by atoms with E-state index in [1.165, 1.54) is 11.8 Å². The average Bonchev–Trinajstić information content (AvgIpc) is 3.44. The van der Waals surface area contributed by atoms with Crippen LogP contribution >= 0.6 is 11.8 Å². The zero-order valence-electron chi connectivity index (χ0n) is 17.2. The van der Waals surface area contributed by atoms with Gasteiger partial charge in [-0.05, 0) is 30.4 Å². The zero-order valence-corrected chi connectivity index (χ0v) is 18.0. The number of hydrogen-bond donors (Lipinski definition) is 2. The first-order valence-electron chi connectivity index (χ1n) is 10.5. The fraction of sp³-hybridized carbons (Fsp3) is 0.348. The van der Waals surface area contributed by atoms with Gasteiger partial charge in [0.15, 0.2) is 5.16 Å². The molecule has 8 heteroatoms. The van der Waals surface area contributed by atoms with E-state index in [0.29, 0.717) is 18.1 Å². The molecule has 162 valence electrons. The summed E-state index contributed by atoms with van der Waals surface area (Å²) in [7, 11) is 0. The number of thioether (sulfide) groups is 1. The Balaban J connectivity index is 1.40. The third-order valence-electron chi connectivity index (χ3n) is 5.29. The number of ether oxygens (including phenoxy) is 1. The lowest BCUT2D eigenvalue weighted by Gasteiger charge is -2.19. The largest absolute Gasteiger partial charge is 0.376 e. The Morgan fingerprint density at radius 2 is 1.94 bits per heavy atom. The summed E-state index contributed by atoms with van der Waals surface area (Å²) in [5, 5.41) is 10.2. The van der Waals surface area contributed by atoms with Gasteiger partial charge in [0.2, 0.25) is 5.91 Å². The second-order valence-corrected chi connectivity index (χ2v) is 8.51. The second kappa shape index (κ2) is 10.5. The summed E-state index contributed by atoms with van der Waals surface area (Å²) in [5.74, 6) is 0.0717. The van der Waals surface area contributed by atoms with E-state index in [9.17, 15) is 9.59 Å². The number of amides is 1. The van der Waals surface area contributed by atoms with Crippen LogP contribution in [-0.2, 0) is 22.5 Å². The molecule has 2 aromatic carbocycles. The molecule has 31 heavy (non-hydrogen) atoms. The van der Waals surface area contributed by atoms with E-state index in [-0.39, 0.29) is 29.5 Å². The van der Waals surface area contributed by atoms with E-state index in [0.717, 1.165) is 30.6 Å². The van der Waals surface area contributed by atoms with E-state index in [4.69, 9.17) is 4.74 Å². The highest BCUT2D eigenvalue weighted by Crippen LogP contribution is 2.21. The average molecular weight is 439 g/mol. The highest BCUT2D eigenvalue weighted by molar-refractivity contribution is 7.99. The molecule has 2 N–H and O–H groups in total. The SMILES string of the molecule is O=C(CSc1n[nH]c(=O)n1C[C@@H]1CCCO1)N[C@H](Cc1ccccc1)c1ccccc1. The molecule has 0 bridgehead atoms. The lowest BCUT2D eigenvalue weighted by molar-refractivity contribution is -0.119. The lowest BCUT2D eigenvalue weighted by atomic mass is 9.99. The second-order valence-electron chi connectivity index (χ2n) is 7.57. The van der Waals surface area contributed by atoms with E-state index >= 15 is 0 Å². The maximum Gasteiger partial charge on any atom is 0.344 e. The predicted octanol–water partition coefficient (Wildman–Crippen LogP) is 2.94. The topological polar surface area (TPSA) is 89.0 Å². The number of H-pyrrole nitrogens is 1. The quantitative estimate of drug-likeness (QED) is 0.502. The van der Waals surface area contributed by atoms with Gasteiger partial charge in [-0.15, -0.1) is 5.10 Å². The minimum atomic E-state index is -0.273. The van der Waals surface area contributed by atoms with Gasteiger partial charge in [-0.1, -0.05) is 72.4 Å². The van der Waals surface area contributed by atoms with Gasteiger partial charge in [0.05, 0.1) is 24.4 Å². The van der Waals surface area contributed by atoms with Crippen molar-refractivity contribution in [2.24, 2.45) is 0 Å². The number of carbonyl (C=O) groups is 1. The molecule has 1 saturated heterocycles. The van der Waals surface area contributed by atoms with Crippen LogP contribution in [0.3, 0.4) is 0 Å².